The molecule has 0 aliphatic rings. The topological polar surface area (TPSA) is 66.5 Å². The summed E-state index contributed by atoms with van der Waals surface area (Å²) >= 11 is 0. The monoisotopic (exact) mass is 404 g/mol. The van der Waals surface area contributed by atoms with Crippen LogP contribution in [0.15, 0.2) is 53.4 Å². The van der Waals surface area contributed by atoms with Gasteiger partial charge in [0.15, 0.2) is 0 Å². The number of nitrogens with one attached hydrogen (secondary N) is 1. The molecule has 2 rings (SSSR count). The average molecular weight is 404 g/mol. The van der Waals surface area contributed by atoms with E-state index in [0.717, 1.165) is 52.8 Å². The van der Waals surface area contributed by atoms with E-state index in [1.807, 2.05) is 0 Å². The van der Waals surface area contributed by atoms with Crippen LogP contribution < -0.4 is 5.32 Å². The lowest BCUT2D eigenvalue weighted by Gasteiger charge is -2.20. The van der Waals surface area contributed by atoms with Gasteiger partial charge in [0, 0.05) is 12.2 Å². The number of benzene rings is 2. The maximum Gasteiger partial charge on any atom is 0.416 e. The fourth-order valence-corrected chi connectivity index (χ4v) is 3.63. The summed E-state index contributed by atoms with van der Waals surface area (Å²) in [4.78, 5) is 11.9. The molecular formula is C17H16F4N2O3S. The van der Waals surface area contributed by atoms with Crippen molar-refractivity contribution < 1.29 is 30.8 Å². The van der Waals surface area contributed by atoms with Crippen LogP contribution in [0.25, 0.3) is 0 Å². The number of alkyl halides is 3. The Labute approximate surface area is 153 Å². The molecule has 0 aromatic heterocycles. The number of likely N-dealkylation sites (N-methyl/N-ethyl adjacent to an activating group) is 1. The molecule has 0 bridgehead atoms. The molecule has 10 heteroatoms. The summed E-state index contributed by atoms with van der Waals surface area (Å²) in [6, 6.07) is 7.91. The molecule has 27 heavy (non-hydrogen) atoms. The Morgan fingerprint density at radius 3 is 2.07 bits per heavy atom. The normalized spacial score (nSPS) is 12.2. The van der Waals surface area contributed by atoms with E-state index in [1.54, 1.807) is 0 Å². The van der Waals surface area contributed by atoms with E-state index >= 15 is 0 Å². The van der Waals surface area contributed by atoms with Crippen LogP contribution in [0, 0.1) is 5.82 Å². The highest BCUT2D eigenvalue weighted by Crippen LogP contribution is 2.29. The van der Waals surface area contributed by atoms with Gasteiger partial charge in [0.25, 0.3) is 0 Å². The van der Waals surface area contributed by atoms with Gasteiger partial charge in [-0.15, -0.1) is 0 Å². The van der Waals surface area contributed by atoms with E-state index in [0.29, 0.717) is 0 Å². The number of anilines is 1. The fraction of sp³-hybridized carbons (Fsp3) is 0.235. The molecule has 5 nitrogen and oxygen atoms in total. The van der Waals surface area contributed by atoms with Crippen molar-refractivity contribution >= 4 is 21.6 Å². The van der Waals surface area contributed by atoms with Crippen LogP contribution in [0.3, 0.4) is 0 Å². The van der Waals surface area contributed by atoms with E-state index in [2.05, 4.69) is 5.32 Å². The van der Waals surface area contributed by atoms with Crippen LogP contribution in [-0.4, -0.2) is 31.7 Å². The minimum Gasteiger partial charge on any atom is -0.325 e. The summed E-state index contributed by atoms with van der Waals surface area (Å²) in [6.45, 7) is 0.948. The molecule has 2 aromatic carbocycles. The van der Waals surface area contributed by atoms with Crippen molar-refractivity contribution in [3.8, 4) is 0 Å². The first kappa shape index (κ1) is 20.8. The summed E-state index contributed by atoms with van der Waals surface area (Å²) in [5, 5.41) is 2.35. The van der Waals surface area contributed by atoms with Crippen molar-refractivity contribution in [2.45, 2.75) is 18.0 Å². The molecule has 0 aliphatic carbocycles. The third-order valence-corrected chi connectivity index (χ3v) is 5.56. The first-order valence-electron chi connectivity index (χ1n) is 7.77. The van der Waals surface area contributed by atoms with Crippen LogP contribution in [0.1, 0.15) is 12.5 Å². The highest BCUT2D eigenvalue weighted by molar-refractivity contribution is 7.89. The number of sulfonamides is 1. The van der Waals surface area contributed by atoms with Crippen LogP contribution in [0.4, 0.5) is 23.2 Å². The molecule has 0 heterocycles. The lowest BCUT2D eigenvalue weighted by molar-refractivity contribution is -0.137. The first-order valence-corrected chi connectivity index (χ1v) is 9.21. The average Bonchev–Trinajstić information content (AvgIpc) is 2.59. The molecule has 1 amide bonds. The Morgan fingerprint density at radius 1 is 1.04 bits per heavy atom. The van der Waals surface area contributed by atoms with Gasteiger partial charge in [-0.3, -0.25) is 4.79 Å². The quantitative estimate of drug-likeness (QED) is 0.750. The van der Waals surface area contributed by atoms with Gasteiger partial charge in [0.05, 0.1) is 17.0 Å². The van der Waals surface area contributed by atoms with Gasteiger partial charge in [-0.1, -0.05) is 6.92 Å². The van der Waals surface area contributed by atoms with Gasteiger partial charge in [0.2, 0.25) is 15.9 Å². The van der Waals surface area contributed by atoms with Crippen molar-refractivity contribution in [1.29, 1.82) is 0 Å². The zero-order valence-electron chi connectivity index (χ0n) is 14.1. The van der Waals surface area contributed by atoms with Crippen LogP contribution in [-0.2, 0) is 21.0 Å². The number of hydrogen-bond acceptors (Lipinski definition) is 3. The second-order valence-corrected chi connectivity index (χ2v) is 7.45. The van der Waals surface area contributed by atoms with Crippen molar-refractivity contribution in [1.82, 2.24) is 4.31 Å². The number of carbonyl (C=O) groups is 1. The Kier molecular flexibility index (Phi) is 6.22. The molecule has 0 saturated heterocycles. The Bertz CT molecular complexity index is 895. The summed E-state index contributed by atoms with van der Waals surface area (Å²) in [6.07, 6.45) is -4.50. The molecule has 0 saturated carbocycles. The molecule has 0 radical (unpaired) electrons. The lowest BCUT2D eigenvalue weighted by Crippen LogP contribution is -2.37. The minimum atomic E-state index is -4.50. The summed E-state index contributed by atoms with van der Waals surface area (Å²) in [5.74, 6) is -1.32. The van der Waals surface area contributed by atoms with E-state index in [4.69, 9.17) is 0 Å². The summed E-state index contributed by atoms with van der Waals surface area (Å²) in [5.41, 5.74) is -0.766. The fourth-order valence-electron chi connectivity index (χ4n) is 2.23. The standard InChI is InChI=1S/C17H16F4N2O3S/c1-2-23(27(25,26)15-9-5-13(18)6-10-15)11-16(24)22-14-7-3-12(4-8-14)17(19,20)21/h3-10H,2,11H2,1H3,(H,22,24). The van der Waals surface area contributed by atoms with E-state index in [9.17, 15) is 30.8 Å². The van der Waals surface area contributed by atoms with Gasteiger partial charge in [0.1, 0.15) is 5.82 Å². The first-order chi connectivity index (χ1) is 12.5. The minimum absolute atomic E-state index is 0.0276. The highest BCUT2D eigenvalue weighted by Gasteiger charge is 2.30. The van der Waals surface area contributed by atoms with Crippen LogP contribution >= 0.6 is 0 Å². The SMILES string of the molecule is CCN(CC(=O)Nc1ccc(C(F)(F)F)cc1)S(=O)(=O)c1ccc(F)cc1. The Hall–Kier alpha value is -2.46. The van der Waals surface area contributed by atoms with Crippen LogP contribution in [0.5, 0.6) is 0 Å². The number of hydrogen-bond donors (Lipinski definition) is 1. The van der Waals surface area contributed by atoms with E-state index in [-0.39, 0.29) is 17.1 Å². The van der Waals surface area contributed by atoms with Crippen molar-refractivity contribution in [2.75, 3.05) is 18.4 Å². The molecule has 0 aliphatic heterocycles. The van der Waals surface area contributed by atoms with Gasteiger partial charge < -0.3 is 5.32 Å². The lowest BCUT2D eigenvalue weighted by atomic mass is 10.2. The summed E-state index contributed by atoms with van der Waals surface area (Å²) in [7, 11) is -4.02. The molecule has 0 fully saturated rings. The molecule has 2 aromatic rings. The molecule has 0 atom stereocenters. The number of amides is 1. The van der Waals surface area contributed by atoms with Crippen molar-refractivity contribution in [3.63, 3.8) is 0 Å². The van der Waals surface area contributed by atoms with Gasteiger partial charge in [-0.25, -0.2) is 12.8 Å². The Balaban J connectivity index is 2.09. The number of rotatable bonds is 6. The van der Waals surface area contributed by atoms with Crippen molar-refractivity contribution in [2.24, 2.45) is 0 Å². The predicted octanol–water partition coefficient (Wildman–Crippen LogP) is 3.49. The smallest absolute Gasteiger partial charge is 0.325 e. The largest absolute Gasteiger partial charge is 0.416 e. The predicted molar refractivity (Wildman–Crippen MR) is 90.9 cm³/mol. The number of halogens is 4. The maximum atomic E-state index is 13.0. The number of nitrogens with zero attached hydrogens (tertiary/aromatic N) is 1. The highest BCUT2D eigenvalue weighted by atomic mass is 32.2. The van der Waals surface area contributed by atoms with Gasteiger partial charge in [-0.2, -0.15) is 17.5 Å². The maximum absolute atomic E-state index is 13.0. The van der Waals surface area contributed by atoms with Gasteiger partial charge >= 0.3 is 6.18 Å². The molecule has 0 spiro atoms. The molecule has 1 N–H and O–H groups in total. The summed E-state index contributed by atoms with van der Waals surface area (Å²) < 4.78 is 76.5. The molecule has 146 valence electrons. The third kappa shape index (κ3) is 5.27. The van der Waals surface area contributed by atoms with E-state index in [1.165, 1.54) is 6.92 Å². The molecule has 0 unspecified atom stereocenters. The third-order valence-electron chi connectivity index (χ3n) is 3.62. The zero-order valence-corrected chi connectivity index (χ0v) is 14.9. The second-order valence-electron chi connectivity index (χ2n) is 5.51. The van der Waals surface area contributed by atoms with Crippen molar-refractivity contribution in [3.05, 3.63) is 59.9 Å². The number of carbonyl (C=O) groups excluding carboxylic acids is 1. The Morgan fingerprint density at radius 2 is 1.59 bits per heavy atom. The van der Waals surface area contributed by atoms with Gasteiger partial charge in [-0.05, 0) is 48.5 Å². The van der Waals surface area contributed by atoms with E-state index < -0.39 is 40.0 Å². The second kappa shape index (κ2) is 8.05. The zero-order chi connectivity index (χ0) is 20.2. The van der Waals surface area contributed by atoms with Crippen LogP contribution in [0.2, 0.25) is 0 Å². The molecular weight excluding hydrogens is 388 g/mol.